The van der Waals surface area contributed by atoms with E-state index in [1.54, 1.807) is 0 Å². The molecule has 6 rings (SSSR count). The maximum absolute atomic E-state index is 11.3. The van der Waals surface area contributed by atoms with Gasteiger partial charge in [0, 0.05) is 34.6 Å². The van der Waals surface area contributed by atoms with E-state index in [0.717, 1.165) is 94.2 Å². The molecule has 0 spiro atoms. The van der Waals surface area contributed by atoms with E-state index in [1.165, 1.54) is 49.7 Å². The summed E-state index contributed by atoms with van der Waals surface area (Å²) >= 11 is 0. The molecular formula is C54H76O4. The highest BCUT2D eigenvalue weighted by atomic mass is 16.3. The number of rotatable bonds is 9. The number of phenolic OH excluding ortho intramolecular Hbond substituents is 4. The summed E-state index contributed by atoms with van der Waals surface area (Å²) in [6, 6.07) is 16.8. The maximum Gasteiger partial charge on any atom is 0.122 e. The Hall–Kier alpha value is -3.92. The lowest BCUT2D eigenvalue weighted by Crippen LogP contribution is -2.26. The van der Waals surface area contributed by atoms with Gasteiger partial charge in [0.1, 0.15) is 23.0 Å². The molecule has 0 heterocycles. The fourth-order valence-electron chi connectivity index (χ4n) is 10.8. The first kappa shape index (κ1) is 45.2. The minimum atomic E-state index is -0.0282. The predicted octanol–water partition coefficient (Wildman–Crippen LogP) is 14.7. The molecule has 0 radical (unpaired) electrons. The maximum atomic E-state index is 11.3. The monoisotopic (exact) mass is 789 g/mol. The van der Waals surface area contributed by atoms with Crippen molar-refractivity contribution in [3.8, 4) is 23.0 Å². The second kappa shape index (κ2) is 18.1. The number of aryl methyl sites for hydroxylation is 6. The highest BCUT2D eigenvalue weighted by Gasteiger charge is 2.34. The van der Waals surface area contributed by atoms with Gasteiger partial charge in [0.05, 0.1) is 0 Å². The van der Waals surface area contributed by atoms with Gasteiger partial charge in [-0.05, 0) is 124 Å². The molecule has 4 aromatic rings. The van der Waals surface area contributed by atoms with Crippen LogP contribution in [0, 0.1) is 52.9 Å². The molecule has 0 bridgehead atoms. The molecule has 0 amide bonds. The van der Waals surface area contributed by atoms with Gasteiger partial charge in [-0.3, -0.25) is 0 Å². The molecule has 4 N–H and O–H groups in total. The average molecular weight is 789 g/mol. The zero-order valence-corrected chi connectivity index (χ0v) is 38.3. The van der Waals surface area contributed by atoms with E-state index in [0.29, 0.717) is 35.3 Å². The Morgan fingerprint density at radius 3 is 1.24 bits per heavy atom. The van der Waals surface area contributed by atoms with Crippen LogP contribution < -0.4 is 0 Å². The molecule has 2 aliphatic rings. The summed E-state index contributed by atoms with van der Waals surface area (Å²) in [4.78, 5) is 0. The van der Waals surface area contributed by atoms with Gasteiger partial charge in [-0.15, -0.1) is 0 Å². The van der Waals surface area contributed by atoms with Gasteiger partial charge in [0.25, 0.3) is 0 Å². The standard InChI is InChI=1S/C29H40O2.C25H36O2/c1-20-15-22(26(30)24(17-20)28(3)11-7-5-8-12-28)19-23-16-21(2)18-25(27(23)31)29(4)13-9-6-10-14-29;1-15-9-18(4)23(26)21(11-15)20(13-17(3)14-25(6,7)8)22-12-16(2)10-19(5)24(22)27/h15-18,30-31H,5-14,19H2,1-4H3;9-12,17,20,26-27H,13-14H2,1-8H3. The van der Waals surface area contributed by atoms with Gasteiger partial charge in [-0.25, -0.2) is 0 Å². The minimum absolute atomic E-state index is 0.0282. The highest BCUT2D eigenvalue weighted by Crippen LogP contribution is 2.48. The van der Waals surface area contributed by atoms with Crippen molar-refractivity contribution in [3.05, 3.63) is 115 Å². The zero-order valence-electron chi connectivity index (χ0n) is 38.3. The van der Waals surface area contributed by atoms with Crippen LogP contribution in [0.4, 0.5) is 0 Å². The van der Waals surface area contributed by atoms with E-state index in [4.69, 9.17) is 0 Å². The molecule has 0 aromatic heterocycles. The van der Waals surface area contributed by atoms with Gasteiger partial charge in [-0.2, -0.15) is 0 Å². The molecule has 1 atom stereocenters. The first-order chi connectivity index (χ1) is 27.1. The summed E-state index contributed by atoms with van der Waals surface area (Å²) in [7, 11) is 0. The van der Waals surface area contributed by atoms with Crippen molar-refractivity contribution in [2.45, 2.75) is 183 Å². The fourth-order valence-corrected chi connectivity index (χ4v) is 10.8. The van der Waals surface area contributed by atoms with Crippen molar-refractivity contribution < 1.29 is 20.4 Å². The molecule has 4 aromatic carbocycles. The second-order valence-electron chi connectivity index (χ2n) is 20.8. The second-order valence-corrected chi connectivity index (χ2v) is 20.8. The molecule has 0 aliphatic heterocycles. The fraction of sp³-hybridized carbons (Fsp3) is 0.556. The topological polar surface area (TPSA) is 80.9 Å². The van der Waals surface area contributed by atoms with Crippen LogP contribution in [0.25, 0.3) is 0 Å². The average Bonchev–Trinajstić information content (AvgIpc) is 3.13. The third-order valence-corrected chi connectivity index (χ3v) is 13.6. The third-order valence-electron chi connectivity index (χ3n) is 13.6. The van der Waals surface area contributed by atoms with Crippen molar-refractivity contribution in [2.75, 3.05) is 0 Å². The summed E-state index contributed by atoms with van der Waals surface area (Å²) in [6.07, 6.45) is 14.7. The number of hydrogen-bond acceptors (Lipinski definition) is 4. The summed E-state index contributed by atoms with van der Waals surface area (Å²) < 4.78 is 0. The van der Waals surface area contributed by atoms with Crippen molar-refractivity contribution in [1.29, 1.82) is 0 Å². The van der Waals surface area contributed by atoms with Gasteiger partial charge in [0.2, 0.25) is 0 Å². The van der Waals surface area contributed by atoms with Crippen LogP contribution in [0.1, 0.15) is 191 Å². The Kier molecular flexibility index (Phi) is 14.1. The van der Waals surface area contributed by atoms with E-state index >= 15 is 0 Å². The molecule has 1 unspecified atom stereocenters. The lowest BCUT2D eigenvalue weighted by Gasteiger charge is -2.36. The van der Waals surface area contributed by atoms with Crippen LogP contribution in [0.5, 0.6) is 23.0 Å². The van der Waals surface area contributed by atoms with Crippen molar-refractivity contribution >= 4 is 0 Å². The lowest BCUT2D eigenvalue weighted by molar-refractivity contribution is 0.289. The number of benzene rings is 4. The summed E-state index contributed by atoms with van der Waals surface area (Å²) in [6.45, 7) is 26.0. The molecular weight excluding hydrogens is 713 g/mol. The first-order valence-corrected chi connectivity index (χ1v) is 22.4. The molecule has 2 saturated carbocycles. The number of aromatic hydroxyl groups is 4. The summed E-state index contributed by atoms with van der Waals surface area (Å²) in [5, 5.41) is 44.4. The Balaban J connectivity index is 0.000000223. The lowest BCUT2D eigenvalue weighted by atomic mass is 9.69. The van der Waals surface area contributed by atoms with Crippen LogP contribution >= 0.6 is 0 Å². The van der Waals surface area contributed by atoms with Crippen LogP contribution in [0.3, 0.4) is 0 Å². The zero-order chi connectivity index (χ0) is 42.7. The minimum Gasteiger partial charge on any atom is -0.507 e. The smallest absolute Gasteiger partial charge is 0.122 e. The van der Waals surface area contributed by atoms with Gasteiger partial charge >= 0.3 is 0 Å². The van der Waals surface area contributed by atoms with Crippen LogP contribution in [0.15, 0.2) is 48.5 Å². The molecule has 4 nitrogen and oxygen atoms in total. The molecule has 4 heteroatoms. The van der Waals surface area contributed by atoms with Gasteiger partial charge < -0.3 is 20.4 Å². The quantitative estimate of drug-likeness (QED) is 0.136. The van der Waals surface area contributed by atoms with E-state index in [2.05, 4.69) is 106 Å². The predicted molar refractivity (Wildman–Crippen MR) is 244 cm³/mol. The first-order valence-electron chi connectivity index (χ1n) is 22.4. The molecule has 316 valence electrons. The summed E-state index contributed by atoms with van der Waals surface area (Å²) in [5.74, 6) is 2.04. The normalized spacial score (nSPS) is 17.1. The Morgan fingerprint density at radius 1 is 0.517 bits per heavy atom. The van der Waals surface area contributed by atoms with E-state index in [9.17, 15) is 20.4 Å². The third kappa shape index (κ3) is 10.6. The molecule has 58 heavy (non-hydrogen) atoms. The van der Waals surface area contributed by atoms with Gasteiger partial charge in [-0.1, -0.05) is 151 Å². The highest BCUT2D eigenvalue weighted by molar-refractivity contribution is 5.55. The Morgan fingerprint density at radius 2 is 0.879 bits per heavy atom. The Bertz CT molecular complexity index is 1920. The SMILES string of the molecule is Cc1cc(C)c(O)c(C(CC(C)CC(C)(C)C)c2cc(C)cc(C)c2O)c1.Cc1cc(Cc2cc(C)cc(C3(C)CCCCC3)c2O)c(O)c(C2(C)CCCCC2)c1. The van der Waals surface area contributed by atoms with E-state index in [-0.39, 0.29) is 22.2 Å². The Labute approximate surface area is 352 Å². The van der Waals surface area contributed by atoms with Gasteiger partial charge in [0.15, 0.2) is 0 Å². The van der Waals surface area contributed by atoms with E-state index < -0.39 is 0 Å². The number of phenols is 4. The molecule has 0 saturated heterocycles. The van der Waals surface area contributed by atoms with Crippen LogP contribution in [-0.2, 0) is 17.3 Å². The largest absolute Gasteiger partial charge is 0.507 e. The summed E-state index contributed by atoms with van der Waals surface area (Å²) in [5.41, 5.74) is 12.8. The van der Waals surface area contributed by atoms with Crippen molar-refractivity contribution in [2.24, 2.45) is 11.3 Å². The molecule has 2 aliphatic carbocycles. The van der Waals surface area contributed by atoms with E-state index in [1.807, 2.05) is 26.0 Å². The van der Waals surface area contributed by atoms with Crippen LogP contribution in [-0.4, -0.2) is 20.4 Å². The van der Waals surface area contributed by atoms with Crippen molar-refractivity contribution in [3.63, 3.8) is 0 Å². The molecule has 2 fully saturated rings. The number of hydrogen-bond donors (Lipinski definition) is 4. The van der Waals surface area contributed by atoms with Crippen molar-refractivity contribution in [1.82, 2.24) is 0 Å². The van der Waals surface area contributed by atoms with Crippen LogP contribution in [0.2, 0.25) is 0 Å².